The van der Waals surface area contributed by atoms with Gasteiger partial charge in [0.1, 0.15) is 0 Å². The zero-order valence-corrected chi connectivity index (χ0v) is 12.0. The molecule has 0 aromatic heterocycles. The molecule has 0 spiro atoms. The Labute approximate surface area is 121 Å². The highest BCUT2D eigenvalue weighted by molar-refractivity contribution is 5.65. The first-order valence-corrected chi connectivity index (χ1v) is 7.77. The Morgan fingerprint density at radius 1 is 1.00 bits per heavy atom. The van der Waals surface area contributed by atoms with E-state index < -0.39 is 0 Å². The van der Waals surface area contributed by atoms with Gasteiger partial charge >= 0.3 is 0 Å². The van der Waals surface area contributed by atoms with Crippen molar-refractivity contribution < 1.29 is 0 Å². The van der Waals surface area contributed by atoms with Crippen LogP contribution in [0.15, 0.2) is 48.5 Å². The van der Waals surface area contributed by atoms with E-state index in [1.165, 1.54) is 36.8 Å². The molecule has 0 saturated heterocycles. The zero-order chi connectivity index (χ0) is 13.8. The molecule has 0 heterocycles. The maximum Gasteiger partial charge on any atom is -0.00771 e. The fourth-order valence-electron chi connectivity index (χ4n) is 3.39. The van der Waals surface area contributed by atoms with Crippen LogP contribution in [-0.2, 0) is 6.42 Å². The maximum absolute atomic E-state index is 5.67. The first-order chi connectivity index (χ1) is 9.88. The largest absolute Gasteiger partial charge is 0.330 e. The summed E-state index contributed by atoms with van der Waals surface area (Å²) >= 11 is 0. The number of hydrogen-bond donors (Lipinski definition) is 1. The van der Waals surface area contributed by atoms with Gasteiger partial charge in [-0.05, 0) is 66.8 Å². The number of hydrogen-bond acceptors (Lipinski definition) is 1. The smallest absolute Gasteiger partial charge is 0.00771 e. The van der Waals surface area contributed by atoms with Gasteiger partial charge in [0, 0.05) is 0 Å². The molecular formula is C19H23N. The summed E-state index contributed by atoms with van der Waals surface area (Å²) in [5.74, 6) is 0.729. The molecular weight excluding hydrogens is 242 g/mol. The van der Waals surface area contributed by atoms with Crippen LogP contribution in [0, 0.1) is 0 Å². The lowest BCUT2D eigenvalue weighted by Gasteiger charge is -2.26. The van der Waals surface area contributed by atoms with Crippen molar-refractivity contribution in [2.75, 3.05) is 6.54 Å². The Morgan fingerprint density at radius 3 is 2.65 bits per heavy atom. The predicted octanol–water partition coefficient (Wildman–Crippen LogP) is 4.51. The number of rotatable bonds is 4. The van der Waals surface area contributed by atoms with Crippen molar-refractivity contribution in [3.05, 3.63) is 59.7 Å². The average molecular weight is 265 g/mol. The molecule has 1 aliphatic rings. The van der Waals surface area contributed by atoms with Gasteiger partial charge in [-0.1, -0.05) is 48.5 Å². The summed E-state index contributed by atoms with van der Waals surface area (Å²) in [4.78, 5) is 0. The lowest BCUT2D eigenvalue weighted by molar-refractivity contribution is 0.508. The van der Waals surface area contributed by atoms with Gasteiger partial charge in [0.25, 0.3) is 0 Å². The van der Waals surface area contributed by atoms with Crippen molar-refractivity contribution in [3.63, 3.8) is 0 Å². The van der Waals surface area contributed by atoms with E-state index in [1.807, 2.05) is 0 Å². The van der Waals surface area contributed by atoms with Crippen LogP contribution in [0.3, 0.4) is 0 Å². The molecule has 20 heavy (non-hydrogen) atoms. The molecule has 0 aliphatic heterocycles. The second kappa shape index (κ2) is 6.23. The van der Waals surface area contributed by atoms with E-state index in [1.54, 1.807) is 11.1 Å². The maximum atomic E-state index is 5.67. The molecule has 0 fully saturated rings. The highest BCUT2D eigenvalue weighted by Crippen LogP contribution is 2.36. The zero-order valence-electron chi connectivity index (χ0n) is 12.0. The van der Waals surface area contributed by atoms with Gasteiger partial charge in [-0.15, -0.1) is 0 Å². The summed E-state index contributed by atoms with van der Waals surface area (Å²) in [5, 5.41) is 0. The molecule has 104 valence electrons. The minimum Gasteiger partial charge on any atom is -0.330 e. The molecule has 0 amide bonds. The minimum absolute atomic E-state index is 0.729. The van der Waals surface area contributed by atoms with E-state index in [4.69, 9.17) is 5.73 Å². The summed E-state index contributed by atoms with van der Waals surface area (Å²) in [7, 11) is 0. The molecule has 2 aromatic rings. The van der Waals surface area contributed by atoms with E-state index in [2.05, 4.69) is 48.5 Å². The third-order valence-corrected chi connectivity index (χ3v) is 4.45. The van der Waals surface area contributed by atoms with Gasteiger partial charge in [0.05, 0.1) is 0 Å². The summed E-state index contributed by atoms with van der Waals surface area (Å²) < 4.78 is 0. The SMILES string of the molecule is NCCC[C@H]1CCCc2cc(-c3ccccc3)ccc21. The van der Waals surface area contributed by atoms with Crippen LogP contribution in [0.1, 0.15) is 42.7 Å². The normalized spacial score (nSPS) is 17.8. The highest BCUT2D eigenvalue weighted by atomic mass is 14.5. The molecule has 0 bridgehead atoms. The van der Waals surface area contributed by atoms with Crippen molar-refractivity contribution in [2.24, 2.45) is 5.73 Å². The van der Waals surface area contributed by atoms with Crippen molar-refractivity contribution >= 4 is 0 Å². The first kappa shape index (κ1) is 13.4. The van der Waals surface area contributed by atoms with E-state index in [9.17, 15) is 0 Å². The van der Waals surface area contributed by atoms with Crippen LogP contribution in [-0.4, -0.2) is 6.54 Å². The Hall–Kier alpha value is -1.60. The summed E-state index contributed by atoms with van der Waals surface area (Å²) in [5.41, 5.74) is 11.5. The van der Waals surface area contributed by atoms with Crippen LogP contribution in [0.2, 0.25) is 0 Å². The monoisotopic (exact) mass is 265 g/mol. The summed E-state index contributed by atoms with van der Waals surface area (Å²) in [6.45, 7) is 0.813. The Kier molecular flexibility index (Phi) is 4.17. The fourth-order valence-corrected chi connectivity index (χ4v) is 3.39. The van der Waals surface area contributed by atoms with Gasteiger partial charge in [-0.3, -0.25) is 0 Å². The third kappa shape index (κ3) is 2.78. The summed E-state index contributed by atoms with van der Waals surface area (Å²) in [6, 6.07) is 17.7. The van der Waals surface area contributed by atoms with Crippen molar-refractivity contribution in [2.45, 2.75) is 38.0 Å². The topological polar surface area (TPSA) is 26.0 Å². The van der Waals surface area contributed by atoms with Gasteiger partial charge in [0.2, 0.25) is 0 Å². The van der Waals surface area contributed by atoms with E-state index in [-0.39, 0.29) is 0 Å². The van der Waals surface area contributed by atoms with Crippen LogP contribution in [0.25, 0.3) is 11.1 Å². The van der Waals surface area contributed by atoms with Crippen LogP contribution in [0.5, 0.6) is 0 Å². The lowest BCUT2D eigenvalue weighted by Crippen LogP contribution is -2.11. The molecule has 2 aromatic carbocycles. The predicted molar refractivity (Wildman–Crippen MR) is 85.8 cm³/mol. The molecule has 0 saturated carbocycles. The van der Waals surface area contributed by atoms with Gasteiger partial charge in [0.15, 0.2) is 0 Å². The number of nitrogens with two attached hydrogens (primary N) is 1. The molecule has 1 aliphatic carbocycles. The summed E-state index contributed by atoms with van der Waals surface area (Å²) in [6.07, 6.45) is 6.27. The molecule has 1 atom stereocenters. The van der Waals surface area contributed by atoms with Crippen LogP contribution < -0.4 is 5.73 Å². The van der Waals surface area contributed by atoms with E-state index >= 15 is 0 Å². The third-order valence-electron chi connectivity index (χ3n) is 4.45. The average Bonchev–Trinajstić information content (AvgIpc) is 2.53. The number of fused-ring (bicyclic) bond motifs is 1. The van der Waals surface area contributed by atoms with Crippen LogP contribution >= 0.6 is 0 Å². The fraction of sp³-hybridized carbons (Fsp3) is 0.368. The second-order valence-corrected chi connectivity index (χ2v) is 5.80. The van der Waals surface area contributed by atoms with E-state index in [0.717, 1.165) is 18.9 Å². The van der Waals surface area contributed by atoms with Crippen molar-refractivity contribution in [1.29, 1.82) is 0 Å². The second-order valence-electron chi connectivity index (χ2n) is 5.80. The molecule has 1 heteroatoms. The minimum atomic E-state index is 0.729. The molecule has 2 N–H and O–H groups in total. The Bertz CT molecular complexity index is 559. The standard InChI is InChI=1S/C19H23N/c20-13-5-10-16-8-4-9-18-14-17(11-12-19(16)18)15-6-2-1-3-7-15/h1-3,6-7,11-12,14,16H,4-5,8-10,13,20H2/t16-/m1/s1. The Balaban J connectivity index is 1.89. The lowest BCUT2D eigenvalue weighted by atomic mass is 9.79. The van der Waals surface area contributed by atoms with Crippen LogP contribution in [0.4, 0.5) is 0 Å². The molecule has 0 radical (unpaired) electrons. The van der Waals surface area contributed by atoms with Gasteiger partial charge in [-0.25, -0.2) is 0 Å². The van der Waals surface area contributed by atoms with Crippen molar-refractivity contribution in [1.82, 2.24) is 0 Å². The Morgan fingerprint density at radius 2 is 1.85 bits per heavy atom. The molecule has 0 unspecified atom stereocenters. The van der Waals surface area contributed by atoms with E-state index in [0.29, 0.717) is 0 Å². The number of benzene rings is 2. The molecule has 3 rings (SSSR count). The molecule has 1 nitrogen and oxygen atoms in total. The van der Waals surface area contributed by atoms with Crippen molar-refractivity contribution in [3.8, 4) is 11.1 Å². The first-order valence-electron chi connectivity index (χ1n) is 7.77. The number of aryl methyl sites for hydroxylation is 1. The van der Waals surface area contributed by atoms with Gasteiger partial charge in [-0.2, -0.15) is 0 Å². The highest BCUT2D eigenvalue weighted by Gasteiger charge is 2.19. The van der Waals surface area contributed by atoms with Gasteiger partial charge < -0.3 is 5.73 Å². The quantitative estimate of drug-likeness (QED) is 0.864.